The van der Waals surface area contributed by atoms with Gasteiger partial charge < -0.3 is 4.74 Å². The number of hydrogen-bond donors (Lipinski definition) is 0. The van der Waals surface area contributed by atoms with Gasteiger partial charge in [0.25, 0.3) is 0 Å². The first-order chi connectivity index (χ1) is 3.43. The Balaban J connectivity index is 0.000000490. The summed E-state index contributed by atoms with van der Waals surface area (Å²) < 4.78 is 4.93. The number of rotatable bonds is 0. The molecule has 8 heavy (non-hydrogen) atoms. The van der Waals surface area contributed by atoms with Crippen LogP contribution in [0.3, 0.4) is 0 Å². The Morgan fingerprint density at radius 2 is 2.38 bits per heavy atom. The molecule has 3 heteroatoms. The van der Waals surface area contributed by atoms with E-state index in [0.29, 0.717) is 6.61 Å². The van der Waals surface area contributed by atoms with Crippen molar-refractivity contribution in [2.75, 3.05) is 13.2 Å². The predicted octanol–water partition coefficient (Wildman–Crippen LogP) is 0.968. The summed E-state index contributed by atoms with van der Waals surface area (Å²) in [6.45, 7) is 1.43. The van der Waals surface area contributed by atoms with Crippen LogP contribution in [0.25, 0.3) is 0 Å². The van der Waals surface area contributed by atoms with Crippen LogP contribution in [-0.2, 0) is 4.74 Å². The van der Waals surface area contributed by atoms with Crippen molar-refractivity contribution in [3.8, 4) is 6.07 Å². The maximum Gasteiger partial charge on any atom is 0.0719 e. The van der Waals surface area contributed by atoms with Gasteiger partial charge in [-0.05, 0) is 6.42 Å². The molecule has 1 aliphatic rings. The number of ether oxygens (including phenoxy) is 1. The molecule has 0 saturated carbocycles. The molecule has 1 aliphatic heterocycles. The van der Waals surface area contributed by atoms with E-state index in [-0.39, 0.29) is 18.3 Å². The molecular weight excluding hydrogens is 126 g/mol. The standard InChI is InChI=1S/C5H7NO.ClH/c6-3-5-1-2-7-4-5;/h5H,1-2,4H2;1H. The fraction of sp³-hybridized carbons (Fsp3) is 0.800. The Morgan fingerprint density at radius 3 is 2.62 bits per heavy atom. The molecule has 0 bridgehead atoms. The van der Waals surface area contributed by atoms with Gasteiger partial charge in [-0.3, -0.25) is 0 Å². The normalized spacial score (nSPS) is 26.1. The largest absolute Gasteiger partial charge is 0.380 e. The zero-order chi connectivity index (χ0) is 5.11. The van der Waals surface area contributed by atoms with E-state index in [1.165, 1.54) is 0 Å². The Hall–Kier alpha value is -0.260. The number of nitriles is 1. The van der Waals surface area contributed by atoms with Crippen molar-refractivity contribution in [1.82, 2.24) is 0 Å². The molecule has 0 spiro atoms. The second kappa shape index (κ2) is 3.71. The number of hydrogen-bond acceptors (Lipinski definition) is 2. The molecule has 0 radical (unpaired) electrons. The lowest BCUT2D eigenvalue weighted by Gasteiger charge is -1.86. The van der Waals surface area contributed by atoms with E-state index >= 15 is 0 Å². The van der Waals surface area contributed by atoms with Gasteiger partial charge in [-0.15, -0.1) is 12.4 Å². The van der Waals surface area contributed by atoms with Gasteiger partial charge in [-0.25, -0.2) is 0 Å². The van der Waals surface area contributed by atoms with Gasteiger partial charge in [-0.2, -0.15) is 5.26 Å². The highest BCUT2D eigenvalue weighted by atomic mass is 35.5. The number of halogens is 1. The van der Waals surface area contributed by atoms with Crippen molar-refractivity contribution < 1.29 is 4.74 Å². The quantitative estimate of drug-likeness (QED) is 0.493. The first-order valence-corrected chi connectivity index (χ1v) is 2.41. The van der Waals surface area contributed by atoms with E-state index in [2.05, 4.69) is 6.07 Å². The Morgan fingerprint density at radius 1 is 1.62 bits per heavy atom. The maximum absolute atomic E-state index is 8.24. The first-order valence-electron chi connectivity index (χ1n) is 2.41. The fourth-order valence-electron chi connectivity index (χ4n) is 0.636. The lowest BCUT2D eigenvalue weighted by atomic mass is 10.2. The average Bonchev–Trinajstić information content (AvgIpc) is 2.14. The van der Waals surface area contributed by atoms with Gasteiger partial charge in [0.15, 0.2) is 0 Å². The minimum Gasteiger partial charge on any atom is -0.380 e. The Kier molecular flexibility index (Phi) is 3.59. The van der Waals surface area contributed by atoms with Crippen molar-refractivity contribution in [2.45, 2.75) is 6.42 Å². The van der Waals surface area contributed by atoms with Crippen molar-refractivity contribution in [2.24, 2.45) is 5.92 Å². The summed E-state index contributed by atoms with van der Waals surface area (Å²) in [4.78, 5) is 0. The van der Waals surface area contributed by atoms with E-state index in [9.17, 15) is 0 Å². The van der Waals surface area contributed by atoms with Gasteiger partial charge in [0.2, 0.25) is 0 Å². The van der Waals surface area contributed by atoms with Crippen LogP contribution in [0.15, 0.2) is 0 Å². The van der Waals surface area contributed by atoms with Gasteiger partial charge in [-0.1, -0.05) is 0 Å². The maximum atomic E-state index is 8.24. The lowest BCUT2D eigenvalue weighted by Crippen LogP contribution is -1.91. The van der Waals surface area contributed by atoms with Crippen LogP contribution in [0.2, 0.25) is 0 Å². The highest BCUT2D eigenvalue weighted by Crippen LogP contribution is 2.09. The van der Waals surface area contributed by atoms with Crippen molar-refractivity contribution in [3.05, 3.63) is 0 Å². The van der Waals surface area contributed by atoms with E-state index in [4.69, 9.17) is 10.00 Å². The molecule has 0 amide bonds. The summed E-state index contributed by atoms with van der Waals surface area (Å²) >= 11 is 0. The van der Waals surface area contributed by atoms with Crippen LogP contribution < -0.4 is 0 Å². The molecule has 1 rings (SSSR count). The molecule has 1 unspecified atom stereocenters. The van der Waals surface area contributed by atoms with Crippen molar-refractivity contribution >= 4 is 12.4 Å². The van der Waals surface area contributed by atoms with Crippen LogP contribution in [-0.4, -0.2) is 13.2 Å². The summed E-state index contributed by atoms with van der Waals surface area (Å²) in [6, 6.07) is 2.14. The van der Waals surface area contributed by atoms with Crippen LogP contribution in [0.4, 0.5) is 0 Å². The van der Waals surface area contributed by atoms with Gasteiger partial charge >= 0.3 is 0 Å². The van der Waals surface area contributed by atoms with E-state index in [1.807, 2.05) is 0 Å². The third kappa shape index (κ3) is 1.69. The van der Waals surface area contributed by atoms with Gasteiger partial charge in [0.1, 0.15) is 0 Å². The summed E-state index contributed by atoms with van der Waals surface area (Å²) in [6.07, 6.45) is 0.927. The SMILES string of the molecule is Cl.N#CC1CCOC1. The minimum atomic E-state index is 0. The third-order valence-electron chi connectivity index (χ3n) is 1.11. The molecule has 2 nitrogen and oxygen atoms in total. The van der Waals surface area contributed by atoms with Crippen LogP contribution in [0, 0.1) is 17.2 Å². The molecule has 0 aromatic rings. The Labute approximate surface area is 54.9 Å². The van der Waals surface area contributed by atoms with Crippen molar-refractivity contribution in [3.63, 3.8) is 0 Å². The lowest BCUT2D eigenvalue weighted by molar-refractivity contribution is 0.192. The van der Waals surface area contributed by atoms with Crippen LogP contribution >= 0.6 is 12.4 Å². The van der Waals surface area contributed by atoms with Gasteiger partial charge in [0, 0.05) is 6.61 Å². The summed E-state index contributed by atoms with van der Waals surface area (Å²) in [5.74, 6) is 0.181. The number of nitrogens with zero attached hydrogens (tertiary/aromatic N) is 1. The highest BCUT2D eigenvalue weighted by molar-refractivity contribution is 5.85. The summed E-state index contributed by atoms with van der Waals surface area (Å²) in [5.41, 5.74) is 0. The molecule has 1 heterocycles. The zero-order valence-corrected chi connectivity index (χ0v) is 5.28. The molecule has 1 fully saturated rings. The molecule has 46 valence electrons. The Bertz CT molecular complexity index is 93.1. The minimum absolute atomic E-state index is 0. The van der Waals surface area contributed by atoms with Crippen LogP contribution in [0.5, 0.6) is 0 Å². The second-order valence-corrected chi connectivity index (χ2v) is 1.69. The molecule has 0 aromatic carbocycles. The van der Waals surface area contributed by atoms with Crippen molar-refractivity contribution in [1.29, 1.82) is 5.26 Å². The predicted molar refractivity (Wildman–Crippen MR) is 31.8 cm³/mol. The fourth-order valence-corrected chi connectivity index (χ4v) is 0.636. The molecule has 0 N–H and O–H groups in total. The average molecular weight is 134 g/mol. The molecular formula is C5H8ClNO. The monoisotopic (exact) mass is 133 g/mol. The summed E-state index contributed by atoms with van der Waals surface area (Å²) in [5, 5.41) is 8.24. The van der Waals surface area contributed by atoms with Gasteiger partial charge in [0.05, 0.1) is 18.6 Å². The second-order valence-electron chi connectivity index (χ2n) is 1.69. The highest BCUT2D eigenvalue weighted by Gasteiger charge is 2.12. The zero-order valence-electron chi connectivity index (χ0n) is 4.46. The topological polar surface area (TPSA) is 33.0 Å². The molecule has 0 aromatic heterocycles. The molecule has 1 atom stereocenters. The van der Waals surface area contributed by atoms with E-state index < -0.39 is 0 Å². The molecule has 1 saturated heterocycles. The van der Waals surface area contributed by atoms with E-state index in [1.54, 1.807) is 0 Å². The van der Waals surface area contributed by atoms with Crippen LogP contribution in [0.1, 0.15) is 6.42 Å². The third-order valence-corrected chi connectivity index (χ3v) is 1.11. The summed E-state index contributed by atoms with van der Waals surface area (Å²) in [7, 11) is 0. The smallest absolute Gasteiger partial charge is 0.0719 e. The molecule has 0 aliphatic carbocycles. The van der Waals surface area contributed by atoms with E-state index in [0.717, 1.165) is 13.0 Å². The first kappa shape index (κ1) is 7.74.